The van der Waals surface area contributed by atoms with Crippen LogP contribution in [0.15, 0.2) is 86.5 Å². The third-order valence-corrected chi connectivity index (χ3v) is 11.5. The van der Waals surface area contributed by atoms with Crippen molar-refractivity contribution in [2.75, 3.05) is 11.5 Å². The van der Waals surface area contributed by atoms with Crippen LogP contribution >= 0.6 is 0 Å². The van der Waals surface area contributed by atoms with E-state index in [1.165, 1.54) is 0 Å². The van der Waals surface area contributed by atoms with E-state index in [1.54, 1.807) is 19.9 Å². The quantitative estimate of drug-likeness (QED) is 0.0939. The third kappa shape index (κ3) is 16.0. The highest BCUT2D eigenvalue weighted by atomic mass is 32.2. The normalized spacial score (nSPS) is 20.7. The third-order valence-electron chi connectivity index (χ3n) is 9.68. The van der Waals surface area contributed by atoms with E-state index in [-0.39, 0.29) is 53.3 Å². The number of amides is 2. The van der Waals surface area contributed by atoms with E-state index in [0.717, 1.165) is 35.1 Å². The summed E-state index contributed by atoms with van der Waals surface area (Å²) in [7, 11) is -3.36. The van der Waals surface area contributed by atoms with Gasteiger partial charge in [0.1, 0.15) is 17.8 Å². The Morgan fingerprint density at radius 2 is 1.26 bits per heavy atom. The van der Waals surface area contributed by atoms with Crippen LogP contribution in [0.4, 0.5) is 4.79 Å². The Bertz CT molecular complexity index is 1830. The van der Waals surface area contributed by atoms with E-state index in [9.17, 15) is 27.6 Å². The fraction of sp³-hybridized carbons (Fsp3) is 0.511. The van der Waals surface area contributed by atoms with Crippen molar-refractivity contribution in [3.63, 3.8) is 0 Å². The average molecular weight is 807 g/mol. The van der Waals surface area contributed by atoms with Gasteiger partial charge >= 0.3 is 18.0 Å². The summed E-state index contributed by atoms with van der Waals surface area (Å²) in [5.41, 5.74) is 3.76. The summed E-state index contributed by atoms with van der Waals surface area (Å²) in [6.45, 7) is 21.8. The van der Waals surface area contributed by atoms with Gasteiger partial charge in [0.05, 0.1) is 35.4 Å². The molecule has 2 aliphatic rings. The summed E-state index contributed by atoms with van der Waals surface area (Å²) in [4.78, 5) is 48.9. The minimum Gasteiger partial charge on any atom is -0.460 e. The number of hydrogen-bond donors (Lipinski definition) is 2. The lowest BCUT2D eigenvalue weighted by molar-refractivity contribution is -0.146. The van der Waals surface area contributed by atoms with Gasteiger partial charge in [0.2, 0.25) is 5.91 Å². The topological polar surface area (TPSA) is 154 Å². The monoisotopic (exact) mass is 806 g/mol. The van der Waals surface area contributed by atoms with Crippen molar-refractivity contribution in [1.29, 1.82) is 0 Å². The van der Waals surface area contributed by atoms with Gasteiger partial charge in [0.25, 0.3) is 0 Å². The predicted molar refractivity (Wildman–Crippen MR) is 223 cm³/mol. The maximum atomic E-state index is 12.8. The molecule has 7 atom stereocenters. The molecule has 0 saturated carbocycles. The molecule has 11 nitrogen and oxygen atoms in total. The molecule has 0 aliphatic carbocycles. The summed E-state index contributed by atoms with van der Waals surface area (Å²) in [5.74, 6) is -2.19. The molecule has 4 rings (SSSR count). The molecule has 2 saturated heterocycles. The molecule has 0 spiro atoms. The number of esters is 2. The van der Waals surface area contributed by atoms with Crippen LogP contribution in [-0.4, -0.2) is 73.8 Å². The van der Waals surface area contributed by atoms with Crippen LogP contribution in [0.2, 0.25) is 0 Å². The van der Waals surface area contributed by atoms with Crippen molar-refractivity contribution >= 4 is 33.8 Å². The average Bonchev–Trinajstić information content (AvgIpc) is 3.65. The summed E-state index contributed by atoms with van der Waals surface area (Å²) in [6.07, 6.45) is 7.97. The predicted octanol–water partition coefficient (Wildman–Crippen LogP) is 6.82. The van der Waals surface area contributed by atoms with E-state index >= 15 is 0 Å². The van der Waals surface area contributed by atoms with Gasteiger partial charge in [-0.2, -0.15) is 0 Å². The lowest BCUT2D eigenvalue weighted by atomic mass is 9.95. The van der Waals surface area contributed by atoms with Gasteiger partial charge in [-0.15, -0.1) is 19.7 Å². The maximum Gasteiger partial charge on any atom is 0.408 e. The van der Waals surface area contributed by atoms with Crippen molar-refractivity contribution in [2.24, 2.45) is 17.8 Å². The van der Waals surface area contributed by atoms with Crippen LogP contribution < -0.4 is 10.6 Å². The molecule has 0 radical (unpaired) electrons. The molecule has 2 aromatic carbocycles. The molecule has 2 fully saturated rings. The molecule has 57 heavy (non-hydrogen) atoms. The van der Waals surface area contributed by atoms with Gasteiger partial charge in [-0.25, -0.2) is 13.2 Å². The number of ether oxygens (including phenoxy) is 3. The Morgan fingerprint density at radius 1 is 0.807 bits per heavy atom. The number of benzene rings is 2. The maximum absolute atomic E-state index is 12.8. The Labute approximate surface area is 339 Å². The van der Waals surface area contributed by atoms with E-state index in [1.807, 2.05) is 82.3 Å². The van der Waals surface area contributed by atoms with Crippen LogP contribution in [0.1, 0.15) is 83.1 Å². The molecule has 2 heterocycles. The van der Waals surface area contributed by atoms with Gasteiger partial charge in [-0.3, -0.25) is 14.4 Å². The molecular formula is C45H62N2O9S. The second kappa shape index (κ2) is 21.7. The molecule has 2 N–H and O–H groups in total. The number of sulfone groups is 1. The molecule has 2 amide bonds. The molecule has 0 bridgehead atoms. The number of nitrogens with one attached hydrogen (secondary N) is 2. The number of carbonyl (C=O) groups excluding carboxylic acids is 4. The number of carbonyl (C=O) groups is 4. The molecule has 0 aromatic heterocycles. The lowest BCUT2D eigenvalue weighted by Gasteiger charge is -2.26. The fourth-order valence-corrected chi connectivity index (χ4v) is 8.36. The number of alkyl carbamates (subject to hydrolysis) is 1. The lowest BCUT2D eigenvalue weighted by Crippen LogP contribution is -2.47. The standard InChI is InChI=1S/C24H33NO5S.C21H29NO4/c1-5-7-12-31(28,29)16-18(4)23(26)25-21(22-13-17(3)24(27)30-22)15-20-11-8-10-19(14-20)9-6-2;1-6-8-15-9-7-10-16(12-15)13-17(18-11-14(2)19(23)25-18)22-20(24)26-21(3,4)5/h5-6,8,10-11,14,17-18,21-22H,1-2,7,9,12-13,15-16H2,3-4H3,(H,25,26);6-7,9-10,12,14,17-18H,1,8,11,13H2,2-5H3,(H,22,24)/t17-,18-,21+,22+;/m1./s1. The zero-order chi connectivity index (χ0) is 42.3. The Balaban J connectivity index is 0.000000310. The van der Waals surface area contributed by atoms with Crippen molar-refractivity contribution in [1.82, 2.24) is 10.6 Å². The van der Waals surface area contributed by atoms with Gasteiger partial charge in [0.15, 0.2) is 9.84 Å². The highest BCUT2D eigenvalue weighted by molar-refractivity contribution is 7.91. The van der Waals surface area contributed by atoms with Crippen LogP contribution in [0.25, 0.3) is 0 Å². The molecule has 312 valence electrons. The number of allylic oxidation sites excluding steroid dienone is 3. The number of hydrogen-bond acceptors (Lipinski definition) is 9. The van der Waals surface area contributed by atoms with Crippen molar-refractivity contribution in [3.8, 4) is 0 Å². The Kier molecular flexibility index (Phi) is 17.8. The van der Waals surface area contributed by atoms with Crippen LogP contribution in [-0.2, 0) is 64.1 Å². The smallest absolute Gasteiger partial charge is 0.408 e. The van der Waals surface area contributed by atoms with E-state index in [2.05, 4.69) is 36.4 Å². The van der Waals surface area contributed by atoms with Gasteiger partial charge in [0, 0.05) is 5.92 Å². The number of rotatable bonds is 18. The molecule has 3 unspecified atom stereocenters. The second-order valence-electron chi connectivity index (χ2n) is 16.2. The van der Waals surface area contributed by atoms with Gasteiger partial charge in [-0.1, -0.05) is 87.5 Å². The van der Waals surface area contributed by atoms with Crippen LogP contribution in [0.5, 0.6) is 0 Å². The molecule has 2 aliphatic heterocycles. The number of cyclic esters (lactones) is 2. The SMILES string of the molecule is C=CCCS(=O)(=O)C[C@@H](C)C(=O)N[C@@H](Cc1cccc(CC=C)c1)[C@@H]1C[C@@H](C)C(=O)O1.C=CCc1cccc(CC(NC(=O)OC(C)(C)C)C2CC(C)C(=O)O2)c1. The minimum atomic E-state index is -3.36. The second-order valence-corrected chi connectivity index (χ2v) is 18.4. The largest absolute Gasteiger partial charge is 0.460 e. The Morgan fingerprint density at radius 3 is 1.67 bits per heavy atom. The zero-order valence-corrected chi connectivity index (χ0v) is 35.3. The van der Waals surface area contributed by atoms with E-state index < -0.39 is 39.6 Å². The van der Waals surface area contributed by atoms with Crippen molar-refractivity contribution in [2.45, 2.75) is 116 Å². The van der Waals surface area contributed by atoms with Gasteiger partial charge < -0.3 is 24.8 Å². The summed E-state index contributed by atoms with van der Waals surface area (Å²) < 4.78 is 40.8. The minimum absolute atomic E-state index is 0.0224. The highest BCUT2D eigenvalue weighted by Gasteiger charge is 2.39. The summed E-state index contributed by atoms with van der Waals surface area (Å²) in [5, 5.41) is 5.86. The first-order valence-electron chi connectivity index (χ1n) is 19.7. The van der Waals surface area contributed by atoms with Crippen molar-refractivity contribution < 1.29 is 41.8 Å². The highest BCUT2D eigenvalue weighted by Crippen LogP contribution is 2.27. The molecular weight excluding hydrogens is 745 g/mol. The first kappa shape index (κ1) is 46.7. The van der Waals surface area contributed by atoms with Crippen molar-refractivity contribution in [3.05, 3.63) is 109 Å². The fourth-order valence-electron chi connectivity index (χ4n) is 6.76. The first-order chi connectivity index (χ1) is 26.8. The van der Waals surface area contributed by atoms with E-state index in [0.29, 0.717) is 32.1 Å². The zero-order valence-electron chi connectivity index (χ0n) is 34.5. The van der Waals surface area contributed by atoms with Crippen LogP contribution in [0, 0.1) is 17.8 Å². The van der Waals surface area contributed by atoms with Gasteiger partial charge in [-0.05, 0) is 88.0 Å². The molecule has 12 heteroatoms. The summed E-state index contributed by atoms with van der Waals surface area (Å²) in [6, 6.07) is 15.3. The first-order valence-corrected chi connectivity index (χ1v) is 21.5. The van der Waals surface area contributed by atoms with E-state index in [4.69, 9.17) is 14.2 Å². The molecule has 2 aromatic rings. The Hall–Kier alpha value is -4.71. The summed E-state index contributed by atoms with van der Waals surface area (Å²) >= 11 is 0. The van der Waals surface area contributed by atoms with Crippen LogP contribution in [0.3, 0.4) is 0 Å².